The standard InChI is InChI=1S/C19H22N4O3/c1-12(2)17-21-15(16-18(22-17)26-10-9-25-16)19(24)23-8-4-6-14(23)13-5-3-7-20-11-13/h3,5,7,11-12,14H,4,6,8-10H2,1-2H3/t14-/m1/s1. The minimum atomic E-state index is -0.137. The van der Waals surface area contributed by atoms with Crippen LogP contribution < -0.4 is 9.47 Å². The number of likely N-dealkylation sites (tertiary alicyclic amines) is 1. The van der Waals surface area contributed by atoms with Crippen molar-refractivity contribution in [1.29, 1.82) is 0 Å². The quantitative estimate of drug-likeness (QED) is 0.843. The van der Waals surface area contributed by atoms with Gasteiger partial charge in [-0.05, 0) is 24.5 Å². The molecule has 0 radical (unpaired) electrons. The second kappa shape index (κ2) is 6.90. The van der Waals surface area contributed by atoms with E-state index in [1.165, 1.54) is 0 Å². The fourth-order valence-corrected chi connectivity index (χ4v) is 3.43. The third kappa shape index (κ3) is 2.98. The molecule has 4 rings (SSSR count). The van der Waals surface area contributed by atoms with Gasteiger partial charge in [0.05, 0.1) is 6.04 Å². The maximum Gasteiger partial charge on any atom is 0.277 e. The van der Waals surface area contributed by atoms with E-state index in [9.17, 15) is 4.79 Å². The van der Waals surface area contributed by atoms with Crippen LogP contribution >= 0.6 is 0 Å². The van der Waals surface area contributed by atoms with E-state index in [1.54, 1.807) is 6.20 Å². The first-order valence-electron chi connectivity index (χ1n) is 9.03. The molecule has 1 atom stereocenters. The van der Waals surface area contributed by atoms with Crippen LogP contribution in [0, 0.1) is 0 Å². The summed E-state index contributed by atoms with van der Waals surface area (Å²) in [4.78, 5) is 28.4. The van der Waals surface area contributed by atoms with Gasteiger partial charge >= 0.3 is 0 Å². The fraction of sp³-hybridized carbons (Fsp3) is 0.474. The zero-order valence-corrected chi connectivity index (χ0v) is 15.0. The summed E-state index contributed by atoms with van der Waals surface area (Å²) < 4.78 is 11.3. The number of hydrogen-bond acceptors (Lipinski definition) is 6. The number of ether oxygens (including phenoxy) is 2. The molecule has 1 fully saturated rings. The fourth-order valence-electron chi connectivity index (χ4n) is 3.43. The summed E-state index contributed by atoms with van der Waals surface area (Å²) in [6.07, 6.45) is 5.43. The number of aromatic nitrogens is 3. The number of carbonyl (C=O) groups excluding carboxylic acids is 1. The van der Waals surface area contributed by atoms with E-state index in [4.69, 9.17) is 9.47 Å². The van der Waals surface area contributed by atoms with Crippen molar-refractivity contribution in [3.63, 3.8) is 0 Å². The summed E-state index contributed by atoms with van der Waals surface area (Å²) in [6.45, 7) is 5.50. The van der Waals surface area contributed by atoms with Crippen LogP contribution in [0.2, 0.25) is 0 Å². The van der Waals surface area contributed by atoms with Crippen molar-refractivity contribution in [2.75, 3.05) is 19.8 Å². The first kappa shape index (κ1) is 16.8. The van der Waals surface area contributed by atoms with Gasteiger partial charge in [-0.25, -0.2) is 4.98 Å². The van der Waals surface area contributed by atoms with E-state index >= 15 is 0 Å². The van der Waals surface area contributed by atoms with Crippen molar-refractivity contribution >= 4 is 5.91 Å². The highest BCUT2D eigenvalue weighted by atomic mass is 16.6. The molecule has 0 aromatic carbocycles. The van der Waals surface area contributed by atoms with Gasteiger partial charge < -0.3 is 14.4 Å². The van der Waals surface area contributed by atoms with Gasteiger partial charge in [-0.2, -0.15) is 4.98 Å². The Balaban J connectivity index is 1.72. The molecular weight excluding hydrogens is 332 g/mol. The highest BCUT2D eigenvalue weighted by Gasteiger charge is 2.35. The van der Waals surface area contributed by atoms with Crippen molar-refractivity contribution < 1.29 is 14.3 Å². The van der Waals surface area contributed by atoms with Crippen molar-refractivity contribution in [3.05, 3.63) is 41.6 Å². The minimum absolute atomic E-state index is 0.00817. The van der Waals surface area contributed by atoms with Crippen LogP contribution in [0.3, 0.4) is 0 Å². The molecule has 7 nitrogen and oxygen atoms in total. The lowest BCUT2D eigenvalue weighted by atomic mass is 10.1. The molecule has 2 aliphatic rings. The van der Waals surface area contributed by atoms with Crippen LogP contribution in [0.15, 0.2) is 24.5 Å². The van der Waals surface area contributed by atoms with Gasteiger partial charge in [0.25, 0.3) is 11.8 Å². The lowest BCUT2D eigenvalue weighted by Crippen LogP contribution is -2.33. The van der Waals surface area contributed by atoms with Gasteiger partial charge in [0.2, 0.25) is 5.75 Å². The summed E-state index contributed by atoms with van der Waals surface area (Å²) >= 11 is 0. The van der Waals surface area contributed by atoms with Gasteiger partial charge in [0.15, 0.2) is 5.69 Å². The molecule has 4 heterocycles. The van der Waals surface area contributed by atoms with Gasteiger partial charge in [0.1, 0.15) is 19.0 Å². The maximum atomic E-state index is 13.4. The Bertz CT molecular complexity index is 810. The summed E-state index contributed by atoms with van der Waals surface area (Å²) in [6, 6.07) is 3.92. The van der Waals surface area contributed by atoms with Crippen molar-refractivity contribution in [2.24, 2.45) is 0 Å². The lowest BCUT2D eigenvalue weighted by Gasteiger charge is -2.27. The molecule has 2 aromatic heterocycles. The van der Waals surface area contributed by atoms with Crippen LogP contribution in [0.25, 0.3) is 0 Å². The van der Waals surface area contributed by atoms with Gasteiger partial charge in [-0.3, -0.25) is 9.78 Å². The van der Waals surface area contributed by atoms with Crippen LogP contribution in [0.1, 0.15) is 60.5 Å². The number of carbonyl (C=O) groups is 1. The summed E-state index contributed by atoms with van der Waals surface area (Å²) in [5.74, 6) is 1.28. The van der Waals surface area contributed by atoms with Gasteiger partial charge in [-0.1, -0.05) is 19.9 Å². The minimum Gasteiger partial charge on any atom is -0.483 e. The second-order valence-corrected chi connectivity index (χ2v) is 6.86. The van der Waals surface area contributed by atoms with E-state index < -0.39 is 0 Å². The highest BCUT2D eigenvalue weighted by Crippen LogP contribution is 2.37. The van der Waals surface area contributed by atoms with Gasteiger partial charge in [-0.15, -0.1) is 0 Å². The maximum absolute atomic E-state index is 13.4. The summed E-state index contributed by atoms with van der Waals surface area (Å²) in [5, 5.41) is 0. The Morgan fingerprint density at radius 1 is 1.27 bits per heavy atom. The van der Waals surface area contributed by atoms with Crippen LogP contribution in [-0.4, -0.2) is 45.5 Å². The molecule has 26 heavy (non-hydrogen) atoms. The average molecular weight is 354 g/mol. The second-order valence-electron chi connectivity index (χ2n) is 6.86. The molecule has 2 aliphatic heterocycles. The van der Waals surface area contributed by atoms with Crippen LogP contribution in [0.4, 0.5) is 0 Å². The molecule has 7 heteroatoms. The molecule has 0 bridgehead atoms. The van der Waals surface area contributed by atoms with Crippen LogP contribution in [-0.2, 0) is 0 Å². The third-order valence-electron chi connectivity index (χ3n) is 4.72. The molecule has 0 spiro atoms. The summed E-state index contributed by atoms with van der Waals surface area (Å²) in [5.41, 5.74) is 1.34. The van der Waals surface area contributed by atoms with E-state index in [0.717, 1.165) is 18.4 Å². The van der Waals surface area contributed by atoms with E-state index in [-0.39, 0.29) is 17.9 Å². The zero-order valence-electron chi connectivity index (χ0n) is 15.0. The lowest BCUT2D eigenvalue weighted by molar-refractivity contribution is 0.0715. The Morgan fingerprint density at radius 3 is 2.88 bits per heavy atom. The van der Waals surface area contributed by atoms with Crippen molar-refractivity contribution in [3.8, 4) is 11.6 Å². The highest BCUT2D eigenvalue weighted by molar-refractivity contribution is 5.96. The van der Waals surface area contributed by atoms with E-state index in [1.807, 2.05) is 37.1 Å². The molecule has 1 amide bonds. The van der Waals surface area contributed by atoms with Crippen LogP contribution in [0.5, 0.6) is 11.6 Å². The normalized spacial score (nSPS) is 19.0. The Hall–Kier alpha value is -2.70. The molecule has 0 N–H and O–H groups in total. The van der Waals surface area contributed by atoms with Crippen molar-refractivity contribution in [1.82, 2.24) is 19.9 Å². The predicted octanol–water partition coefficient (Wildman–Crippen LogP) is 2.74. The third-order valence-corrected chi connectivity index (χ3v) is 4.72. The molecule has 1 saturated heterocycles. The number of nitrogens with zero attached hydrogens (tertiary/aromatic N) is 4. The SMILES string of the molecule is CC(C)c1nc2c(c(C(=O)N3CCC[C@@H]3c3cccnc3)n1)OCCO2. The Morgan fingerprint density at radius 2 is 2.12 bits per heavy atom. The first-order valence-corrected chi connectivity index (χ1v) is 9.03. The molecule has 0 saturated carbocycles. The topological polar surface area (TPSA) is 77.4 Å². The van der Waals surface area contributed by atoms with E-state index in [2.05, 4.69) is 15.0 Å². The predicted molar refractivity (Wildman–Crippen MR) is 94.4 cm³/mol. The molecule has 0 aliphatic carbocycles. The van der Waals surface area contributed by atoms with Gasteiger partial charge in [0, 0.05) is 24.9 Å². The number of fused-ring (bicyclic) bond motifs is 1. The largest absolute Gasteiger partial charge is 0.483 e. The number of rotatable bonds is 3. The molecule has 136 valence electrons. The number of amides is 1. The monoisotopic (exact) mass is 354 g/mol. The van der Waals surface area contributed by atoms with Crippen molar-refractivity contribution in [2.45, 2.75) is 38.6 Å². The molecular formula is C19H22N4O3. The smallest absolute Gasteiger partial charge is 0.277 e. The first-order chi connectivity index (χ1) is 12.6. The molecule has 0 unspecified atom stereocenters. The zero-order chi connectivity index (χ0) is 18.1. The Kier molecular flexibility index (Phi) is 4.44. The number of pyridine rings is 1. The average Bonchev–Trinajstić information content (AvgIpc) is 3.17. The summed E-state index contributed by atoms with van der Waals surface area (Å²) in [7, 11) is 0. The number of hydrogen-bond donors (Lipinski definition) is 0. The Labute approximate surface area is 152 Å². The van der Waals surface area contributed by atoms with E-state index in [0.29, 0.717) is 42.9 Å². The molecule has 2 aromatic rings.